The van der Waals surface area contributed by atoms with E-state index in [1.54, 1.807) is 0 Å². The maximum atomic E-state index is 13.5. The molecule has 15 heavy (non-hydrogen) atoms. The van der Waals surface area contributed by atoms with Crippen molar-refractivity contribution in [1.82, 2.24) is 0 Å². The van der Waals surface area contributed by atoms with Crippen molar-refractivity contribution in [3.8, 4) is 0 Å². The largest absolute Gasteiger partial charge is 0.207 e. The zero-order valence-corrected chi connectivity index (χ0v) is 10.7. The average Bonchev–Trinajstić information content (AvgIpc) is 2.15. The molecule has 1 rings (SSSR count). The fraction of sp³-hybridized carbons (Fsp3) is 0.500. The van der Waals surface area contributed by atoms with Crippen molar-refractivity contribution in [3.63, 3.8) is 0 Å². The van der Waals surface area contributed by atoms with E-state index >= 15 is 0 Å². The van der Waals surface area contributed by atoms with Crippen molar-refractivity contribution in [2.45, 2.75) is 31.5 Å². The lowest BCUT2D eigenvalue weighted by atomic mass is 9.91. The monoisotopic (exact) mass is 276 g/mol. The second kappa shape index (κ2) is 5.06. The first-order valence-electron chi connectivity index (χ1n) is 5.03. The van der Waals surface area contributed by atoms with Crippen LogP contribution in [0.2, 0.25) is 0 Å². The number of benzene rings is 1. The molecule has 0 bridgehead atoms. The highest BCUT2D eigenvalue weighted by Crippen LogP contribution is 2.32. The summed E-state index contributed by atoms with van der Waals surface area (Å²) in [4.78, 5) is 0.0731. The van der Waals surface area contributed by atoms with Gasteiger partial charge in [0.25, 0.3) is 0 Å². The summed E-state index contributed by atoms with van der Waals surface area (Å²) in [6.45, 7) is 5.88. The van der Waals surface area contributed by atoms with Crippen LogP contribution in [0.3, 0.4) is 0 Å². The van der Waals surface area contributed by atoms with Gasteiger partial charge in [0.1, 0.15) is 11.6 Å². The van der Waals surface area contributed by atoms with Gasteiger partial charge in [0.2, 0.25) is 0 Å². The topological polar surface area (TPSA) is 0 Å². The van der Waals surface area contributed by atoms with E-state index in [2.05, 4.69) is 15.9 Å². The van der Waals surface area contributed by atoms with Gasteiger partial charge in [-0.25, -0.2) is 8.78 Å². The first kappa shape index (κ1) is 12.6. The van der Waals surface area contributed by atoms with Gasteiger partial charge in [-0.15, -0.1) is 0 Å². The van der Waals surface area contributed by atoms with Gasteiger partial charge in [0.05, 0.1) is 0 Å². The summed E-state index contributed by atoms with van der Waals surface area (Å²) in [5, 5.41) is 0. The molecule has 0 aliphatic rings. The molecule has 84 valence electrons. The minimum atomic E-state index is -0.465. The van der Waals surface area contributed by atoms with Gasteiger partial charge < -0.3 is 0 Å². The van der Waals surface area contributed by atoms with E-state index in [0.717, 1.165) is 0 Å². The molecular formula is C12H15BrF2. The summed E-state index contributed by atoms with van der Waals surface area (Å²) >= 11 is 3.48. The lowest BCUT2D eigenvalue weighted by Crippen LogP contribution is -2.18. The Morgan fingerprint density at radius 2 is 1.53 bits per heavy atom. The number of alkyl halides is 1. The van der Waals surface area contributed by atoms with Crippen LogP contribution in [0.25, 0.3) is 0 Å². The van der Waals surface area contributed by atoms with E-state index < -0.39 is 11.6 Å². The van der Waals surface area contributed by atoms with Gasteiger partial charge in [-0.05, 0) is 24.0 Å². The Kier molecular flexibility index (Phi) is 4.26. The molecule has 0 saturated carbocycles. The van der Waals surface area contributed by atoms with Crippen LogP contribution in [0.1, 0.15) is 32.3 Å². The molecule has 0 spiro atoms. The molecule has 0 N–H and O–H groups in total. The van der Waals surface area contributed by atoms with Crippen LogP contribution in [0.4, 0.5) is 8.78 Å². The third-order valence-electron chi connectivity index (χ3n) is 2.57. The third kappa shape index (κ3) is 2.77. The van der Waals surface area contributed by atoms with E-state index in [9.17, 15) is 8.78 Å². The van der Waals surface area contributed by atoms with E-state index in [1.807, 2.05) is 20.8 Å². The van der Waals surface area contributed by atoms with Crippen LogP contribution in [-0.2, 0) is 0 Å². The molecule has 2 unspecified atom stereocenters. The molecule has 0 heterocycles. The van der Waals surface area contributed by atoms with Crippen molar-refractivity contribution in [2.75, 3.05) is 0 Å². The minimum Gasteiger partial charge on any atom is -0.207 e. The average molecular weight is 277 g/mol. The number of hydrogen-bond acceptors (Lipinski definition) is 0. The first-order chi connectivity index (χ1) is 6.95. The van der Waals surface area contributed by atoms with Crippen LogP contribution in [0, 0.1) is 17.6 Å². The van der Waals surface area contributed by atoms with E-state index in [1.165, 1.54) is 18.2 Å². The van der Waals surface area contributed by atoms with Gasteiger partial charge in [0, 0.05) is 10.4 Å². The molecule has 0 aliphatic carbocycles. The summed E-state index contributed by atoms with van der Waals surface area (Å²) in [5.41, 5.74) is 0.174. The van der Waals surface area contributed by atoms with Crippen LogP contribution < -0.4 is 0 Å². The summed E-state index contributed by atoms with van der Waals surface area (Å²) < 4.78 is 26.9. The fourth-order valence-electron chi connectivity index (χ4n) is 1.68. The predicted molar refractivity (Wildman–Crippen MR) is 62.3 cm³/mol. The Morgan fingerprint density at radius 3 is 1.93 bits per heavy atom. The van der Waals surface area contributed by atoms with E-state index in [4.69, 9.17) is 0 Å². The van der Waals surface area contributed by atoms with Gasteiger partial charge in [-0.1, -0.05) is 42.8 Å². The maximum absolute atomic E-state index is 13.5. The molecule has 0 aromatic heterocycles. The smallest absolute Gasteiger partial charge is 0.129 e. The minimum absolute atomic E-state index is 0.0731. The molecule has 0 radical (unpaired) electrons. The summed E-state index contributed by atoms with van der Waals surface area (Å²) in [5.74, 6) is -0.773. The maximum Gasteiger partial charge on any atom is 0.129 e. The zero-order chi connectivity index (χ0) is 11.6. The summed E-state index contributed by atoms with van der Waals surface area (Å²) in [6, 6.07) is 3.99. The normalized spacial score (nSPS) is 15.4. The highest BCUT2D eigenvalue weighted by atomic mass is 79.9. The number of hydrogen-bond donors (Lipinski definition) is 0. The highest BCUT2D eigenvalue weighted by molar-refractivity contribution is 9.09. The lowest BCUT2D eigenvalue weighted by Gasteiger charge is -2.22. The Balaban J connectivity index is 3.05. The van der Waals surface area contributed by atoms with Gasteiger partial charge in [0.15, 0.2) is 0 Å². The van der Waals surface area contributed by atoms with Crippen LogP contribution in [0.5, 0.6) is 0 Å². The SMILES string of the molecule is CC(C)C(Br)C(C)c1c(F)cccc1F. The third-order valence-corrected chi connectivity index (χ3v) is 4.42. The molecule has 0 saturated heterocycles. The second-order valence-corrected chi connectivity index (χ2v) is 5.17. The summed E-state index contributed by atoms with van der Waals surface area (Å²) in [7, 11) is 0. The molecule has 1 aromatic carbocycles. The predicted octanol–water partition coefficient (Wildman–Crippen LogP) is 4.49. The second-order valence-electron chi connectivity index (χ2n) is 4.11. The standard InChI is InChI=1S/C12H15BrF2/c1-7(2)12(13)8(3)11-9(14)5-4-6-10(11)15/h4-8,12H,1-3H3. The summed E-state index contributed by atoms with van der Waals surface area (Å²) in [6.07, 6.45) is 0. The Hall–Kier alpha value is -0.440. The molecule has 1 aromatic rings. The Bertz CT molecular complexity index is 316. The molecule has 0 fully saturated rings. The lowest BCUT2D eigenvalue weighted by molar-refractivity contribution is 0.490. The molecular weight excluding hydrogens is 262 g/mol. The molecule has 2 atom stereocenters. The highest BCUT2D eigenvalue weighted by Gasteiger charge is 2.24. The fourth-order valence-corrected chi connectivity index (χ4v) is 1.95. The van der Waals surface area contributed by atoms with Crippen molar-refractivity contribution in [1.29, 1.82) is 0 Å². The van der Waals surface area contributed by atoms with Gasteiger partial charge in [-0.2, -0.15) is 0 Å². The van der Waals surface area contributed by atoms with Crippen LogP contribution >= 0.6 is 15.9 Å². The van der Waals surface area contributed by atoms with Crippen molar-refractivity contribution >= 4 is 15.9 Å². The Morgan fingerprint density at radius 1 is 1.07 bits per heavy atom. The first-order valence-corrected chi connectivity index (χ1v) is 5.94. The zero-order valence-electron chi connectivity index (χ0n) is 9.10. The van der Waals surface area contributed by atoms with Crippen molar-refractivity contribution < 1.29 is 8.78 Å². The van der Waals surface area contributed by atoms with Crippen molar-refractivity contribution in [2.24, 2.45) is 5.92 Å². The van der Waals surface area contributed by atoms with Crippen LogP contribution in [-0.4, -0.2) is 4.83 Å². The molecule has 0 nitrogen and oxygen atoms in total. The molecule has 0 amide bonds. The van der Waals surface area contributed by atoms with E-state index in [0.29, 0.717) is 5.92 Å². The van der Waals surface area contributed by atoms with Gasteiger partial charge >= 0.3 is 0 Å². The quantitative estimate of drug-likeness (QED) is 0.714. The molecule has 3 heteroatoms. The number of halogens is 3. The van der Waals surface area contributed by atoms with E-state index in [-0.39, 0.29) is 16.3 Å². The molecule has 0 aliphatic heterocycles. The Labute approximate surface area is 97.8 Å². The van der Waals surface area contributed by atoms with Gasteiger partial charge in [-0.3, -0.25) is 0 Å². The number of rotatable bonds is 3. The van der Waals surface area contributed by atoms with Crippen molar-refractivity contribution in [3.05, 3.63) is 35.4 Å². The van der Waals surface area contributed by atoms with Crippen LogP contribution in [0.15, 0.2) is 18.2 Å².